The first kappa shape index (κ1) is 11.8. The molecule has 0 aromatic heterocycles. The number of para-hydroxylation sites is 1. The minimum absolute atomic E-state index is 0.0616. The van der Waals surface area contributed by atoms with E-state index in [1.54, 1.807) is 6.07 Å². The number of amides is 1. The van der Waals surface area contributed by atoms with Crippen LogP contribution in [0.2, 0.25) is 0 Å². The zero-order valence-electron chi connectivity index (χ0n) is 8.29. The topological polar surface area (TPSA) is 55.1 Å². The molecule has 0 atom stereocenters. The molecule has 4 heteroatoms. The number of nitrogens with one attached hydrogen (secondary N) is 1. The largest absolute Gasteiger partial charge is 0.398 e. The lowest BCUT2D eigenvalue weighted by Crippen LogP contribution is -2.26. The lowest BCUT2D eigenvalue weighted by molar-refractivity contribution is -0.120. The summed E-state index contributed by atoms with van der Waals surface area (Å²) in [5.41, 5.74) is 7.20. The molecule has 1 aromatic rings. The summed E-state index contributed by atoms with van der Waals surface area (Å²) in [6, 6.07) is 7.34. The molecule has 0 radical (unpaired) electrons. The van der Waals surface area contributed by atoms with E-state index in [0.29, 0.717) is 18.7 Å². The van der Waals surface area contributed by atoms with E-state index < -0.39 is 0 Å². The predicted molar refractivity (Wildman–Crippen MR) is 65.6 cm³/mol. The van der Waals surface area contributed by atoms with Gasteiger partial charge >= 0.3 is 0 Å². The molecule has 0 saturated carbocycles. The molecule has 0 aliphatic carbocycles. The van der Waals surface area contributed by atoms with Crippen molar-refractivity contribution in [1.29, 1.82) is 0 Å². The normalized spacial score (nSPS) is 9.67. The van der Waals surface area contributed by atoms with Crippen LogP contribution in [-0.2, 0) is 11.2 Å². The maximum atomic E-state index is 11.4. The Morgan fingerprint density at radius 3 is 2.73 bits per heavy atom. The second-order valence-corrected chi connectivity index (χ2v) is 4.29. The number of halogens is 1. The van der Waals surface area contributed by atoms with Crippen molar-refractivity contribution in [2.75, 3.05) is 12.3 Å². The molecule has 1 rings (SSSR count). The summed E-state index contributed by atoms with van der Waals surface area (Å²) in [5.74, 6) is -0.0616. The Kier molecular flexibility index (Phi) is 4.37. The van der Waals surface area contributed by atoms with Gasteiger partial charge in [0.2, 0.25) is 5.91 Å². The van der Waals surface area contributed by atoms with E-state index >= 15 is 0 Å². The molecule has 3 nitrogen and oxygen atoms in total. The van der Waals surface area contributed by atoms with Gasteiger partial charge in [0.25, 0.3) is 0 Å². The molecule has 0 bridgehead atoms. The van der Waals surface area contributed by atoms with Crippen LogP contribution in [0.1, 0.15) is 5.56 Å². The van der Waals surface area contributed by atoms with Gasteiger partial charge in [-0.25, -0.2) is 0 Å². The Labute approximate surface area is 97.5 Å². The quantitative estimate of drug-likeness (QED) is 0.819. The number of nitrogen functional groups attached to an aromatic ring is 1. The SMILES string of the molecule is C=C(Br)CNC(=O)Cc1ccccc1N. The van der Waals surface area contributed by atoms with E-state index in [9.17, 15) is 4.79 Å². The number of benzene rings is 1. The van der Waals surface area contributed by atoms with Crippen molar-refractivity contribution < 1.29 is 4.79 Å². The Morgan fingerprint density at radius 2 is 2.13 bits per heavy atom. The van der Waals surface area contributed by atoms with Crippen LogP contribution in [0.15, 0.2) is 35.3 Å². The van der Waals surface area contributed by atoms with Crippen molar-refractivity contribution in [2.24, 2.45) is 0 Å². The van der Waals surface area contributed by atoms with Gasteiger partial charge in [-0.2, -0.15) is 0 Å². The van der Waals surface area contributed by atoms with E-state index in [4.69, 9.17) is 5.73 Å². The van der Waals surface area contributed by atoms with Crippen LogP contribution >= 0.6 is 15.9 Å². The first-order valence-corrected chi connectivity index (χ1v) is 5.32. The summed E-state index contributed by atoms with van der Waals surface area (Å²) >= 11 is 3.17. The standard InChI is InChI=1S/C11H13BrN2O/c1-8(12)7-14-11(15)6-9-4-2-3-5-10(9)13/h2-5H,1,6-7,13H2,(H,14,15). The zero-order valence-corrected chi connectivity index (χ0v) is 9.88. The van der Waals surface area contributed by atoms with Crippen molar-refractivity contribution in [3.05, 3.63) is 40.9 Å². The van der Waals surface area contributed by atoms with E-state index in [1.165, 1.54) is 0 Å². The fourth-order valence-electron chi connectivity index (χ4n) is 1.13. The highest BCUT2D eigenvalue weighted by molar-refractivity contribution is 9.11. The molecule has 80 valence electrons. The van der Waals surface area contributed by atoms with Crippen LogP contribution < -0.4 is 11.1 Å². The second kappa shape index (κ2) is 5.56. The van der Waals surface area contributed by atoms with Crippen LogP contribution in [0.3, 0.4) is 0 Å². The fourth-order valence-corrected chi connectivity index (χ4v) is 1.27. The van der Waals surface area contributed by atoms with Gasteiger partial charge in [0.1, 0.15) is 0 Å². The molecule has 0 heterocycles. The van der Waals surface area contributed by atoms with Crippen LogP contribution in [0, 0.1) is 0 Å². The zero-order chi connectivity index (χ0) is 11.3. The Balaban J connectivity index is 2.52. The maximum absolute atomic E-state index is 11.4. The van der Waals surface area contributed by atoms with Gasteiger partial charge in [-0.3, -0.25) is 4.79 Å². The number of carbonyl (C=O) groups excluding carboxylic acids is 1. The summed E-state index contributed by atoms with van der Waals surface area (Å²) < 4.78 is 0.747. The predicted octanol–water partition coefficient (Wildman–Crippen LogP) is 1.84. The van der Waals surface area contributed by atoms with Crippen LogP contribution in [0.4, 0.5) is 5.69 Å². The van der Waals surface area contributed by atoms with Crippen LogP contribution in [-0.4, -0.2) is 12.5 Å². The van der Waals surface area contributed by atoms with Gasteiger partial charge in [0.05, 0.1) is 6.42 Å². The van der Waals surface area contributed by atoms with E-state index in [2.05, 4.69) is 27.8 Å². The molecule has 0 aliphatic heterocycles. The molecule has 1 amide bonds. The van der Waals surface area contributed by atoms with Crippen LogP contribution in [0.25, 0.3) is 0 Å². The number of carbonyl (C=O) groups is 1. The molecule has 15 heavy (non-hydrogen) atoms. The average Bonchev–Trinajstić information content (AvgIpc) is 2.18. The van der Waals surface area contributed by atoms with Crippen molar-refractivity contribution in [2.45, 2.75) is 6.42 Å². The third-order valence-corrected chi connectivity index (χ3v) is 2.16. The third-order valence-electron chi connectivity index (χ3n) is 1.88. The summed E-state index contributed by atoms with van der Waals surface area (Å²) in [6.07, 6.45) is 0.299. The molecule has 1 aromatic carbocycles. The van der Waals surface area contributed by atoms with Gasteiger partial charge < -0.3 is 11.1 Å². The maximum Gasteiger partial charge on any atom is 0.224 e. The van der Waals surface area contributed by atoms with Gasteiger partial charge in [-0.1, -0.05) is 40.7 Å². The minimum Gasteiger partial charge on any atom is -0.398 e. The van der Waals surface area contributed by atoms with Crippen LogP contribution in [0.5, 0.6) is 0 Å². The van der Waals surface area contributed by atoms with E-state index in [0.717, 1.165) is 10.0 Å². The number of nitrogens with two attached hydrogens (primary N) is 1. The van der Waals surface area contributed by atoms with Crippen molar-refractivity contribution in [1.82, 2.24) is 5.32 Å². The number of hydrogen-bond acceptors (Lipinski definition) is 2. The molecule has 0 spiro atoms. The first-order chi connectivity index (χ1) is 7.09. The monoisotopic (exact) mass is 268 g/mol. The minimum atomic E-state index is -0.0616. The van der Waals surface area contributed by atoms with Crippen molar-refractivity contribution >= 4 is 27.5 Å². The third kappa shape index (κ3) is 4.16. The van der Waals surface area contributed by atoms with Gasteiger partial charge in [-0.05, 0) is 11.6 Å². The Morgan fingerprint density at radius 1 is 1.47 bits per heavy atom. The van der Waals surface area contributed by atoms with Gasteiger partial charge in [0.15, 0.2) is 0 Å². The first-order valence-electron chi connectivity index (χ1n) is 4.53. The number of hydrogen-bond donors (Lipinski definition) is 2. The Bertz CT molecular complexity index is 377. The molecular formula is C11H13BrN2O. The van der Waals surface area contributed by atoms with Crippen molar-refractivity contribution in [3.8, 4) is 0 Å². The highest BCUT2D eigenvalue weighted by atomic mass is 79.9. The van der Waals surface area contributed by atoms with Gasteiger partial charge in [-0.15, -0.1) is 0 Å². The number of anilines is 1. The summed E-state index contributed by atoms with van der Waals surface area (Å²) in [5, 5.41) is 2.72. The molecule has 0 fully saturated rings. The lowest BCUT2D eigenvalue weighted by Gasteiger charge is -2.06. The van der Waals surface area contributed by atoms with Gasteiger partial charge in [0, 0.05) is 16.7 Å². The van der Waals surface area contributed by atoms with E-state index in [1.807, 2.05) is 18.2 Å². The summed E-state index contributed by atoms with van der Waals surface area (Å²) in [7, 11) is 0. The number of rotatable bonds is 4. The smallest absolute Gasteiger partial charge is 0.224 e. The lowest BCUT2D eigenvalue weighted by atomic mass is 10.1. The molecular weight excluding hydrogens is 256 g/mol. The highest BCUT2D eigenvalue weighted by Gasteiger charge is 2.05. The fraction of sp³-hybridized carbons (Fsp3) is 0.182. The van der Waals surface area contributed by atoms with E-state index in [-0.39, 0.29) is 5.91 Å². The molecule has 0 aliphatic rings. The molecule has 0 saturated heterocycles. The highest BCUT2D eigenvalue weighted by Crippen LogP contribution is 2.10. The van der Waals surface area contributed by atoms with Crippen molar-refractivity contribution in [3.63, 3.8) is 0 Å². The summed E-state index contributed by atoms with van der Waals surface area (Å²) in [4.78, 5) is 11.4. The molecule has 0 unspecified atom stereocenters. The Hall–Kier alpha value is -1.29. The average molecular weight is 269 g/mol. The molecule has 3 N–H and O–H groups in total. The second-order valence-electron chi connectivity index (χ2n) is 3.17. The summed E-state index contributed by atoms with van der Waals surface area (Å²) in [6.45, 7) is 4.07.